The summed E-state index contributed by atoms with van der Waals surface area (Å²) in [5, 5.41) is 0. The van der Waals surface area contributed by atoms with E-state index in [0.717, 1.165) is 12.0 Å². The lowest BCUT2D eigenvalue weighted by atomic mass is 10.2. The fraction of sp³-hybridized carbons (Fsp3) is 0.250. The van der Waals surface area contributed by atoms with E-state index in [9.17, 15) is 8.42 Å². The van der Waals surface area contributed by atoms with Gasteiger partial charge in [0.1, 0.15) is 0 Å². The van der Waals surface area contributed by atoms with E-state index in [-0.39, 0.29) is 4.90 Å². The summed E-state index contributed by atoms with van der Waals surface area (Å²) in [4.78, 5) is 2.28. The first-order chi connectivity index (χ1) is 6.60. The molecule has 0 bridgehead atoms. The van der Waals surface area contributed by atoms with E-state index < -0.39 is 10.0 Å². The highest BCUT2D eigenvalue weighted by Gasteiger charge is 2.10. The van der Waals surface area contributed by atoms with E-state index in [2.05, 4.69) is 9.43 Å². The molecule has 0 fully saturated rings. The van der Waals surface area contributed by atoms with Gasteiger partial charge in [-0.25, -0.2) is 8.42 Å². The van der Waals surface area contributed by atoms with Gasteiger partial charge in [0.25, 0.3) is 10.0 Å². The van der Waals surface area contributed by atoms with Crippen molar-refractivity contribution in [2.45, 2.75) is 18.2 Å². The first kappa shape index (κ1) is 10.6. The highest BCUT2D eigenvalue weighted by Crippen LogP contribution is 2.13. The van der Waals surface area contributed by atoms with Crippen molar-refractivity contribution in [1.82, 2.24) is 0 Å². The molecule has 5 nitrogen and oxygen atoms in total. The molecular weight excluding hydrogens is 202 g/mol. The van der Waals surface area contributed by atoms with Gasteiger partial charge in [-0.1, -0.05) is 19.1 Å². The number of rotatable bonds is 3. The zero-order valence-electron chi connectivity index (χ0n) is 7.58. The molecule has 0 saturated carbocycles. The lowest BCUT2D eigenvalue weighted by Gasteiger charge is -1.98. The Hall–Kier alpha value is -1.52. The molecule has 14 heavy (non-hydrogen) atoms. The van der Waals surface area contributed by atoms with Gasteiger partial charge in [0, 0.05) is 9.43 Å². The Bertz CT molecular complexity index is 458. The highest BCUT2D eigenvalue weighted by atomic mass is 32.2. The smallest absolute Gasteiger partial charge is 0.216 e. The Morgan fingerprint density at radius 3 is 2.36 bits per heavy atom. The van der Waals surface area contributed by atoms with Gasteiger partial charge in [0.15, 0.2) is 0 Å². The van der Waals surface area contributed by atoms with Crippen molar-refractivity contribution in [2.75, 3.05) is 0 Å². The first-order valence-corrected chi connectivity index (χ1v) is 5.44. The number of azide groups is 1. The van der Waals surface area contributed by atoms with E-state index >= 15 is 0 Å². The summed E-state index contributed by atoms with van der Waals surface area (Å²) in [6.07, 6.45) is 0.835. The van der Waals surface area contributed by atoms with E-state index in [4.69, 9.17) is 5.53 Å². The van der Waals surface area contributed by atoms with Crippen LogP contribution in [0.5, 0.6) is 0 Å². The maximum absolute atomic E-state index is 11.2. The topological polar surface area (TPSA) is 82.9 Å². The second kappa shape index (κ2) is 4.13. The lowest BCUT2D eigenvalue weighted by Crippen LogP contribution is -1.95. The van der Waals surface area contributed by atoms with Crippen molar-refractivity contribution < 1.29 is 8.42 Å². The van der Waals surface area contributed by atoms with E-state index in [1.807, 2.05) is 6.92 Å². The molecule has 0 spiro atoms. The Balaban J connectivity index is 3.16. The normalized spacial score (nSPS) is 10.6. The third kappa shape index (κ3) is 2.25. The van der Waals surface area contributed by atoms with Gasteiger partial charge >= 0.3 is 0 Å². The Kier molecular flexibility index (Phi) is 3.11. The average molecular weight is 211 g/mol. The molecule has 0 N–H and O–H groups in total. The molecule has 0 aliphatic rings. The van der Waals surface area contributed by atoms with Crippen LogP contribution >= 0.6 is 0 Å². The molecule has 0 saturated heterocycles. The van der Waals surface area contributed by atoms with Crippen LogP contribution in [-0.4, -0.2) is 8.42 Å². The molecule has 0 aliphatic heterocycles. The summed E-state index contributed by atoms with van der Waals surface area (Å²) >= 11 is 0. The Labute approximate surface area is 82.1 Å². The largest absolute Gasteiger partial charge is 0.264 e. The third-order valence-corrected chi connectivity index (χ3v) is 2.93. The van der Waals surface area contributed by atoms with Gasteiger partial charge in [0.2, 0.25) is 0 Å². The average Bonchev–Trinajstić information content (AvgIpc) is 2.18. The van der Waals surface area contributed by atoms with Gasteiger partial charge in [-0.15, -0.1) is 0 Å². The summed E-state index contributed by atoms with van der Waals surface area (Å²) in [7, 11) is -3.83. The van der Waals surface area contributed by atoms with Crippen LogP contribution in [0.1, 0.15) is 12.5 Å². The number of sulfonamides is 1. The van der Waals surface area contributed by atoms with Gasteiger partial charge < -0.3 is 0 Å². The van der Waals surface area contributed by atoms with Crippen LogP contribution in [0.3, 0.4) is 0 Å². The lowest BCUT2D eigenvalue weighted by molar-refractivity contribution is 0.597. The third-order valence-electron chi connectivity index (χ3n) is 1.77. The molecule has 0 aliphatic carbocycles. The van der Waals surface area contributed by atoms with Gasteiger partial charge in [-0.05, 0) is 29.6 Å². The van der Waals surface area contributed by atoms with Crippen LogP contribution in [-0.2, 0) is 16.4 Å². The standard InChI is InChI=1S/C8H9N3O2S/c1-2-7-3-5-8(6-4-7)14(12,13)11-10-9/h3-6H,2H2,1H3. The quantitative estimate of drug-likeness (QED) is 0.436. The van der Waals surface area contributed by atoms with Gasteiger partial charge in [-0.3, -0.25) is 0 Å². The second-order valence-corrected chi connectivity index (χ2v) is 4.23. The zero-order valence-corrected chi connectivity index (χ0v) is 8.40. The van der Waals surface area contributed by atoms with E-state index in [0.29, 0.717) is 0 Å². The Morgan fingerprint density at radius 2 is 1.93 bits per heavy atom. The molecule has 0 amide bonds. The second-order valence-electron chi connectivity index (χ2n) is 2.64. The van der Waals surface area contributed by atoms with Gasteiger partial charge in [-0.2, -0.15) is 0 Å². The SMILES string of the molecule is CCc1ccc(S(=O)(=O)N=[N+]=[N-])cc1. The molecule has 0 radical (unpaired) electrons. The number of hydrogen-bond acceptors (Lipinski definition) is 2. The van der Waals surface area contributed by atoms with Crippen molar-refractivity contribution in [1.29, 1.82) is 0 Å². The van der Waals surface area contributed by atoms with Crippen LogP contribution in [0.15, 0.2) is 33.7 Å². The molecule has 1 aromatic carbocycles. The molecule has 0 atom stereocenters. The number of benzene rings is 1. The maximum atomic E-state index is 11.2. The zero-order chi connectivity index (χ0) is 10.6. The van der Waals surface area contributed by atoms with Crippen LogP contribution in [0.4, 0.5) is 0 Å². The predicted molar refractivity (Wildman–Crippen MR) is 52.2 cm³/mol. The summed E-state index contributed by atoms with van der Waals surface area (Å²) in [6, 6.07) is 6.26. The number of hydrogen-bond donors (Lipinski definition) is 0. The van der Waals surface area contributed by atoms with Crippen molar-refractivity contribution in [3.05, 3.63) is 40.3 Å². The van der Waals surface area contributed by atoms with Crippen LogP contribution in [0.25, 0.3) is 10.4 Å². The molecule has 0 heterocycles. The maximum Gasteiger partial charge on any atom is 0.264 e. The summed E-state index contributed by atoms with van der Waals surface area (Å²) in [6.45, 7) is 1.97. The van der Waals surface area contributed by atoms with Crippen LogP contribution in [0.2, 0.25) is 0 Å². The summed E-state index contributed by atoms with van der Waals surface area (Å²) < 4.78 is 25.2. The summed E-state index contributed by atoms with van der Waals surface area (Å²) in [5.41, 5.74) is 9.08. The minimum atomic E-state index is -3.83. The molecule has 1 rings (SSSR count). The Morgan fingerprint density at radius 1 is 1.36 bits per heavy atom. The minimum absolute atomic E-state index is 0.0208. The molecule has 74 valence electrons. The molecule has 1 aromatic rings. The van der Waals surface area contributed by atoms with Crippen molar-refractivity contribution >= 4 is 10.0 Å². The predicted octanol–water partition coefficient (Wildman–Crippen LogP) is 2.25. The molecule has 0 unspecified atom stereocenters. The van der Waals surface area contributed by atoms with Crippen molar-refractivity contribution in [3.63, 3.8) is 0 Å². The van der Waals surface area contributed by atoms with Crippen LogP contribution in [0, 0.1) is 0 Å². The first-order valence-electron chi connectivity index (χ1n) is 4.00. The summed E-state index contributed by atoms with van der Waals surface area (Å²) in [5.74, 6) is 0. The fourth-order valence-electron chi connectivity index (χ4n) is 0.992. The molecular formula is C8H9N3O2S. The molecule has 6 heteroatoms. The highest BCUT2D eigenvalue weighted by molar-refractivity contribution is 7.90. The van der Waals surface area contributed by atoms with E-state index in [1.165, 1.54) is 12.1 Å². The van der Waals surface area contributed by atoms with E-state index in [1.54, 1.807) is 12.1 Å². The monoisotopic (exact) mass is 211 g/mol. The fourth-order valence-corrected chi connectivity index (χ4v) is 1.66. The van der Waals surface area contributed by atoms with Gasteiger partial charge in [0.05, 0.1) is 4.90 Å². The van der Waals surface area contributed by atoms with Crippen LogP contribution < -0.4 is 0 Å². The minimum Gasteiger partial charge on any atom is -0.216 e. The number of nitrogens with zero attached hydrogens (tertiary/aromatic N) is 3. The van der Waals surface area contributed by atoms with Crippen molar-refractivity contribution in [2.24, 2.45) is 4.52 Å². The van der Waals surface area contributed by atoms with Crippen molar-refractivity contribution in [3.8, 4) is 0 Å². The molecule has 0 aromatic heterocycles. The number of aryl methyl sites for hydroxylation is 1.